The molecule has 0 saturated carbocycles. The van der Waals surface area contributed by atoms with E-state index in [2.05, 4.69) is 34.5 Å². The molecule has 2 aromatic carbocycles. The maximum atomic E-state index is 13.6. The Hall–Kier alpha value is -3.79. The highest BCUT2D eigenvalue weighted by molar-refractivity contribution is 6.05. The molecular formula is C25H24FN5O. The molecule has 1 aliphatic rings. The van der Waals surface area contributed by atoms with E-state index < -0.39 is 11.4 Å². The van der Waals surface area contributed by atoms with E-state index in [1.165, 1.54) is 34.1 Å². The minimum atomic E-state index is -0.483. The fraction of sp³-hybridized carbons (Fsp3) is 0.280. The summed E-state index contributed by atoms with van der Waals surface area (Å²) >= 11 is 0. The van der Waals surface area contributed by atoms with E-state index in [4.69, 9.17) is 0 Å². The van der Waals surface area contributed by atoms with Gasteiger partial charge in [-0.1, -0.05) is 29.3 Å². The van der Waals surface area contributed by atoms with Gasteiger partial charge in [-0.25, -0.2) is 9.40 Å². The maximum Gasteiger partial charge on any atom is 0.277 e. The van der Waals surface area contributed by atoms with Gasteiger partial charge in [0.1, 0.15) is 5.82 Å². The predicted octanol–water partition coefficient (Wildman–Crippen LogP) is 4.59. The number of nitriles is 1. The van der Waals surface area contributed by atoms with Gasteiger partial charge in [0.15, 0.2) is 0 Å². The number of hydrogen-bond donors (Lipinski definition) is 0. The van der Waals surface area contributed by atoms with Crippen molar-refractivity contribution in [3.05, 3.63) is 88.0 Å². The number of hydrogen-bond acceptors (Lipinski definition) is 4. The molecule has 7 heteroatoms. The minimum Gasteiger partial charge on any atom is -0.267 e. The second-order valence-electron chi connectivity index (χ2n) is 8.87. The number of amides is 1. The smallest absolute Gasteiger partial charge is 0.267 e. The normalized spacial score (nSPS) is 14.9. The fourth-order valence-corrected chi connectivity index (χ4v) is 4.06. The van der Waals surface area contributed by atoms with Gasteiger partial charge in [0, 0.05) is 12.6 Å². The molecule has 2 heterocycles. The van der Waals surface area contributed by atoms with Gasteiger partial charge in [-0.15, -0.1) is 0 Å². The number of benzene rings is 2. The zero-order chi connectivity index (χ0) is 23.0. The van der Waals surface area contributed by atoms with Gasteiger partial charge >= 0.3 is 0 Å². The van der Waals surface area contributed by atoms with Crippen molar-refractivity contribution in [2.75, 3.05) is 0 Å². The highest BCUT2D eigenvalue weighted by Gasteiger charge is 2.39. The molecular weight excluding hydrogens is 405 g/mol. The van der Waals surface area contributed by atoms with Crippen LogP contribution in [0.15, 0.2) is 53.9 Å². The average molecular weight is 429 g/mol. The molecule has 162 valence electrons. The molecule has 32 heavy (non-hydrogen) atoms. The Kier molecular flexibility index (Phi) is 5.39. The first-order valence-corrected chi connectivity index (χ1v) is 10.4. The molecule has 0 atom stereocenters. The Morgan fingerprint density at radius 2 is 1.91 bits per heavy atom. The maximum absolute atomic E-state index is 13.6. The van der Waals surface area contributed by atoms with E-state index in [-0.39, 0.29) is 12.5 Å². The van der Waals surface area contributed by atoms with Gasteiger partial charge < -0.3 is 0 Å². The van der Waals surface area contributed by atoms with Crippen LogP contribution in [0.3, 0.4) is 0 Å². The molecule has 3 aromatic rings. The molecule has 0 radical (unpaired) electrons. The molecule has 0 unspecified atom stereocenters. The van der Waals surface area contributed by atoms with E-state index in [0.29, 0.717) is 23.1 Å². The first-order valence-electron chi connectivity index (χ1n) is 10.4. The highest BCUT2D eigenvalue weighted by Crippen LogP contribution is 2.31. The molecule has 1 aliphatic heterocycles. The minimum absolute atomic E-state index is 0.189. The summed E-state index contributed by atoms with van der Waals surface area (Å²) in [6.45, 7) is 8.25. The van der Waals surface area contributed by atoms with Gasteiger partial charge in [0.25, 0.3) is 5.91 Å². The standard InChI is InChI=1S/C25H24FN5O/c1-16-7-17(2)9-19(8-16)23-11-25(3,4)31(29-23)24(32)21-13-28-30(15-21)14-20-10-22(26)6-5-18(20)12-27/h5-10,13,15H,11,14H2,1-4H3. The Bertz CT molecular complexity index is 1260. The summed E-state index contributed by atoms with van der Waals surface area (Å²) in [7, 11) is 0. The summed E-state index contributed by atoms with van der Waals surface area (Å²) in [5.41, 5.74) is 4.99. The molecule has 0 aliphatic carbocycles. The third-order valence-electron chi connectivity index (χ3n) is 5.54. The number of hydrazone groups is 1. The van der Waals surface area contributed by atoms with Gasteiger partial charge in [0.05, 0.1) is 41.2 Å². The lowest BCUT2D eigenvalue weighted by Gasteiger charge is -2.28. The van der Waals surface area contributed by atoms with Gasteiger partial charge in [-0.05, 0) is 57.0 Å². The number of aromatic nitrogens is 2. The SMILES string of the molecule is Cc1cc(C)cc(C2=NN(C(=O)c3cnn(Cc4cc(F)ccc4C#N)c3)C(C)(C)C2)c1. The Morgan fingerprint density at radius 1 is 1.19 bits per heavy atom. The summed E-state index contributed by atoms with van der Waals surface area (Å²) in [5.74, 6) is -0.671. The molecule has 6 nitrogen and oxygen atoms in total. The largest absolute Gasteiger partial charge is 0.277 e. The Balaban J connectivity index is 1.59. The van der Waals surface area contributed by atoms with Gasteiger partial charge in [-0.2, -0.15) is 15.5 Å². The number of carbonyl (C=O) groups is 1. The quantitative estimate of drug-likeness (QED) is 0.609. The number of aryl methyl sites for hydroxylation is 2. The third kappa shape index (κ3) is 4.17. The van der Waals surface area contributed by atoms with Crippen LogP contribution in [0.25, 0.3) is 0 Å². The topological polar surface area (TPSA) is 74.3 Å². The third-order valence-corrected chi connectivity index (χ3v) is 5.54. The van der Waals surface area contributed by atoms with Crippen molar-refractivity contribution in [3.8, 4) is 6.07 Å². The number of halogens is 1. The van der Waals surface area contributed by atoms with Crippen molar-refractivity contribution in [1.29, 1.82) is 5.26 Å². The Labute approximate surface area is 186 Å². The molecule has 0 saturated heterocycles. The van der Waals surface area contributed by atoms with Crippen molar-refractivity contribution >= 4 is 11.6 Å². The molecule has 0 spiro atoms. The van der Waals surface area contributed by atoms with E-state index >= 15 is 0 Å². The molecule has 4 rings (SSSR count). The Morgan fingerprint density at radius 3 is 2.59 bits per heavy atom. The van der Waals surface area contributed by atoms with E-state index in [1.54, 1.807) is 6.20 Å². The van der Waals surface area contributed by atoms with Gasteiger partial charge in [0.2, 0.25) is 0 Å². The van der Waals surface area contributed by atoms with Crippen molar-refractivity contribution in [2.45, 2.75) is 46.2 Å². The predicted molar refractivity (Wildman–Crippen MR) is 120 cm³/mol. The first-order chi connectivity index (χ1) is 15.2. The average Bonchev–Trinajstić information content (AvgIpc) is 3.31. The number of rotatable bonds is 4. The summed E-state index contributed by atoms with van der Waals surface area (Å²) < 4.78 is 15.1. The van der Waals surface area contributed by atoms with Crippen LogP contribution in [-0.2, 0) is 6.54 Å². The number of nitrogens with zero attached hydrogens (tertiary/aromatic N) is 5. The van der Waals surface area contributed by atoms with Crippen LogP contribution in [0.1, 0.15) is 58.4 Å². The van der Waals surface area contributed by atoms with E-state index in [9.17, 15) is 14.4 Å². The zero-order valence-corrected chi connectivity index (χ0v) is 18.6. The van der Waals surface area contributed by atoms with Crippen LogP contribution in [0.5, 0.6) is 0 Å². The second-order valence-corrected chi connectivity index (χ2v) is 8.87. The molecule has 1 aromatic heterocycles. The monoisotopic (exact) mass is 429 g/mol. The lowest BCUT2D eigenvalue weighted by Crippen LogP contribution is -2.40. The van der Waals surface area contributed by atoms with Crippen LogP contribution in [0.4, 0.5) is 4.39 Å². The summed E-state index contributed by atoms with van der Waals surface area (Å²) in [4.78, 5) is 13.3. The summed E-state index contributed by atoms with van der Waals surface area (Å²) in [6, 6.07) is 12.3. The van der Waals surface area contributed by atoms with Crippen LogP contribution >= 0.6 is 0 Å². The molecule has 0 fully saturated rings. The zero-order valence-electron chi connectivity index (χ0n) is 18.6. The highest BCUT2D eigenvalue weighted by atomic mass is 19.1. The van der Waals surface area contributed by atoms with Crippen molar-refractivity contribution in [2.24, 2.45) is 5.10 Å². The van der Waals surface area contributed by atoms with Crippen LogP contribution in [-0.4, -0.2) is 31.9 Å². The van der Waals surface area contributed by atoms with Crippen molar-refractivity contribution < 1.29 is 9.18 Å². The molecule has 1 amide bonds. The van der Waals surface area contributed by atoms with Crippen molar-refractivity contribution in [3.63, 3.8) is 0 Å². The summed E-state index contributed by atoms with van der Waals surface area (Å²) in [6.07, 6.45) is 3.73. The second kappa shape index (κ2) is 8.04. The fourth-order valence-electron chi connectivity index (χ4n) is 4.06. The summed E-state index contributed by atoms with van der Waals surface area (Å²) in [5, 5.41) is 19.7. The molecule has 0 N–H and O–H groups in total. The number of carbonyl (C=O) groups excluding carboxylic acids is 1. The van der Waals surface area contributed by atoms with Crippen molar-refractivity contribution in [1.82, 2.24) is 14.8 Å². The first kappa shape index (κ1) is 21.4. The van der Waals surface area contributed by atoms with Crippen LogP contribution in [0, 0.1) is 31.0 Å². The lowest BCUT2D eigenvalue weighted by atomic mass is 9.93. The van der Waals surface area contributed by atoms with E-state index in [0.717, 1.165) is 22.4 Å². The lowest BCUT2D eigenvalue weighted by molar-refractivity contribution is 0.0612. The van der Waals surface area contributed by atoms with E-state index in [1.807, 2.05) is 27.7 Å². The molecule has 0 bridgehead atoms. The van der Waals surface area contributed by atoms with Gasteiger partial charge in [-0.3, -0.25) is 9.48 Å². The van der Waals surface area contributed by atoms with Crippen LogP contribution in [0.2, 0.25) is 0 Å². The van der Waals surface area contributed by atoms with Crippen LogP contribution < -0.4 is 0 Å².